The van der Waals surface area contributed by atoms with Gasteiger partial charge in [0, 0.05) is 42.6 Å². The fourth-order valence-corrected chi connectivity index (χ4v) is 2.04. The van der Waals surface area contributed by atoms with Gasteiger partial charge in [-0.15, -0.1) is 0 Å². The van der Waals surface area contributed by atoms with Crippen LogP contribution in [0.25, 0.3) is 0 Å². The van der Waals surface area contributed by atoms with E-state index in [-0.39, 0.29) is 5.91 Å². The lowest BCUT2D eigenvalue weighted by molar-refractivity contribution is 0.0951. The first-order valence-corrected chi connectivity index (χ1v) is 7.11. The number of benzene rings is 1. The molecule has 2 N–H and O–H groups in total. The summed E-state index contributed by atoms with van der Waals surface area (Å²) in [5.41, 5.74) is 2.30. The topological polar surface area (TPSA) is 79.8 Å². The summed E-state index contributed by atoms with van der Waals surface area (Å²) >= 11 is 0. The first-order valence-electron chi connectivity index (χ1n) is 7.11. The number of hydrogen-bond donors (Lipinski definition) is 2. The second-order valence-corrected chi connectivity index (χ2v) is 4.84. The van der Waals surface area contributed by atoms with Crippen LogP contribution < -0.4 is 10.6 Å². The van der Waals surface area contributed by atoms with Gasteiger partial charge in [-0.25, -0.2) is 4.98 Å². The maximum Gasteiger partial charge on any atom is 0.251 e. The smallest absolute Gasteiger partial charge is 0.251 e. The highest BCUT2D eigenvalue weighted by Gasteiger charge is 2.06. The number of amides is 1. The van der Waals surface area contributed by atoms with Crippen molar-refractivity contribution in [3.8, 4) is 0 Å². The molecule has 0 spiro atoms. The molecule has 0 radical (unpaired) electrons. The van der Waals surface area contributed by atoms with Gasteiger partial charge in [-0.05, 0) is 29.8 Å². The molecule has 2 aromatic heterocycles. The Morgan fingerprint density at radius 1 is 1.00 bits per heavy atom. The molecule has 1 aromatic carbocycles. The molecule has 6 nitrogen and oxygen atoms in total. The van der Waals surface area contributed by atoms with E-state index in [0.717, 1.165) is 11.3 Å². The molecule has 0 aliphatic carbocycles. The third-order valence-corrected chi connectivity index (χ3v) is 3.14. The van der Waals surface area contributed by atoms with Crippen LogP contribution in [0.15, 0.2) is 67.4 Å². The van der Waals surface area contributed by atoms with Gasteiger partial charge in [0.1, 0.15) is 5.82 Å². The normalized spacial score (nSPS) is 10.1. The number of carbonyl (C=O) groups is 1. The van der Waals surface area contributed by atoms with Crippen molar-refractivity contribution in [3.05, 3.63) is 78.5 Å². The second kappa shape index (κ2) is 7.13. The molecule has 6 heteroatoms. The van der Waals surface area contributed by atoms with Crippen molar-refractivity contribution in [3.63, 3.8) is 0 Å². The van der Waals surface area contributed by atoms with Gasteiger partial charge >= 0.3 is 0 Å². The highest BCUT2D eigenvalue weighted by atomic mass is 16.1. The molecule has 3 rings (SSSR count). The van der Waals surface area contributed by atoms with Crippen LogP contribution in [0.4, 0.5) is 11.5 Å². The number of pyridine rings is 1. The van der Waals surface area contributed by atoms with Crippen LogP contribution >= 0.6 is 0 Å². The van der Waals surface area contributed by atoms with Crippen LogP contribution in [0, 0.1) is 0 Å². The Kier molecular flexibility index (Phi) is 4.54. The van der Waals surface area contributed by atoms with Crippen molar-refractivity contribution in [2.45, 2.75) is 6.54 Å². The minimum Gasteiger partial charge on any atom is -0.348 e. The number of hydrogen-bond acceptors (Lipinski definition) is 5. The second-order valence-electron chi connectivity index (χ2n) is 4.84. The number of anilines is 2. The van der Waals surface area contributed by atoms with Crippen LogP contribution in [0.2, 0.25) is 0 Å². The Morgan fingerprint density at radius 3 is 2.70 bits per heavy atom. The Bertz CT molecular complexity index is 777. The number of carbonyl (C=O) groups excluding carboxylic acids is 1. The predicted octanol–water partition coefficient (Wildman–Crippen LogP) is 2.55. The van der Waals surface area contributed by atoms with Gasteiger partial charge in [-0.3, -0.25) is 14.8 Å². The predicted molar refractivity (Wildman–Crippen MR) is 87.2 cm³/mol. The zero-order valence-electron chi connectivity index (χ0n) is 12.3. The summed E-state index contributed by atoms with van der Waals surface area (Å²) in [6, 6.07) is 11.0. The maximum atomic E-state index is 12.2. The molecular formula is C17H15N5O. The van der Waals surface area contributed by atoms with Crippen molar-refractivity contribution in [1.82, 2.24) is 20.3 Å². The Labute approximate surface area is 133 Å². The van der Waals surface area contributed by atoms with Crippen LogP contribution in [0.5, 0.6) is 0 Å². The molecule has 3 aromatic rings. The Morgan fingerprint density at radius 2 is 1.91 bits per heavy atom. The van der Waals surface area contributed by atoms with Crippen LogP contribution in [0.1, 0.15) is 15.9 Å². The molecule has 1 amide bonds. The summed E-state index contributed by atoms with van der Waals surface area (Å²) < 4.78 is 0. The third kappa shape index (κ3) is 4.10. The zero-order chi connectivity index (χ0) is 15.9. The Hall–Kier alpha value is -3.28. The fraction of sp³-hybridized carbons (Fsp3) is 0.0588. The van der Waals surface area contributed by atoms with Crippen LogP contribution in [0.3, 0.4) is 0 Å². The van der Waals surface area contributed by atoms with Crippen LogP contribution in [-0.4, -0.2) is 20.9 Å². The molecule has 114 valence electrons. The fourth-order valence-electron chi connectivity index (χ4n) is 2.04. The van der Waals surface area contributed by atoms with Gasteiger partial charge in [-0.1, -0.05) is 12.1 Å². The molecule has 0 bridgehead atoms. The minimum absolute atomic E-state index is 0.142. The molecule has 0 saturated carbocycles. The summed E-state index contributed by atoms with van der Waals surface area (Å²) in [4.78, 5) is 24.4. The monoisotopic (exact) mass is 305 g/mol. The van der Waals surface area contributed by atoms with E-state index in [2.05, 4.69) is 25.6 Å². The molecule has 0 fully saturated rings. The summed E-state index contributed by atoms with van der Waals surface area (Å²) in [5.74, 6) is 0.483. The van der Waals surface area contributed by atoms with E-state index in [0.29, 0.717) is 17.9 Å². The molecule has 0 aliphatic heterocycles. The quantitative estimate of drug-likeness (QED) is 0.757. The maximum absolute atomic E-state index is 12.2. The summed E-state index contributed by atoms with van der Waals surface area (Å²) in [6.45, 7) is 0.439. The Balaban J connectivity index is 1.65. The van der Waals surface area contributed by atoms with Crippen molar-refractivity contribution < 1.29 is 4.79 Å². The lowest BCUT2D eigenvalue weighted by atomic mass is 10.2. The standard InChI is InChI=1S/C17H15N5O/c23-17(21-11-13-3-2-6-18-10-13)14-4-1-5-15(9-14)22-16-12-19-7-8-20-16/h1-10,12H,11H2,(H,20,22)(H,21,23). The average molecular weight is 305 g/mol. The van der Waals surface area contributed by atoms with Crippen molar-refractivity contribution in [2.75, 3.05) is 5.32 Å². The molecule has 0 saturated heterocycles. The van der Waals surface area contributed by atoms with Crippen LogP contribution in [-0.2, 0) is 6.54 Å². The molecule has 0 aliphatic rings. The average Bonchev–Trinajstić information content (AvgIpc) is 2.62. The summed E-state index contributed by atoms with van der Waals surface area (Å²) in [6.07, 6.45) is 8.26. The molecule has 0 atom stereocenters. The molecular weight excluding hydrogens is 290 g/mol. The number of nitrogens with one attached hydrogen (secondary N) is 2. The van der Waals surface area contributed by atoms with E-state index >= 15 is 0 Å². The van der Waals surface area contributed by atoms with Crippen molar-refractivity contribution >= 4 is 17.4 Å². The highest BCUT2D eigenvalue weighted by molar-refractivity contribution is 5.95. The largest absolute Gasteiger partial charge is 0.348 e. The van der Waals surface area contributed by atoms with Gasteiger partial charge in [0.25, 0.3) is 5.91 Å². The van der Waals surface area contributed by atoms with E-state index in [1.165, 1.54) is 0 Å². The minimum atomic E-state index is -0.142. The van der Waals surface area contributed by atoms with E-state index < -0.39 is 0 Å². The van der Waals surface area contributed by atoms with Gasteiger partial charge in [0.2, 0.25) is 0 Å². The molecule has 2 heterocycles. The van der Waals surface area contributed by atoms with Gasteiger partial charge in [-0.2, -0.15) is 0 Å². The summed E-state index contributed by atoms with van der Waals surface area (Å²) in [5, 5.41) is 5.98. The van der Waals surface area contributed by atoms with E-state index in [4.69, 9.17) is 0 Å². The van der Waals surface area contributed by atoms with E-state index in [9.17, 15) is 4.79 Å². The van der Waals surface area contributed by atoms with Gasteiger partial charge in [0.15, 0.2) is 0 Å². The van der Waals surface area contributed by atoms with E-state index in [1.54, 1.807) is 43.1 Å². The third-order valence-electron chi connectivity index (χ3n) is 3.14. The summed E-state index contributed by atoms with van der Waals surface area (Å²) in [7, 11) is 0. The molecule has 0 unspecified atom stereocenters. The molecule has 23 heavy (non-hydrogen) atoms. The number of rotatable bonds is 5. The van der Waals surface area contributed by atoms with Gasteiger partial charge in [0.05, 0.1) is 6.20 Å². The lowest BCUT2D eigenvalue weighted by Crippen LogP contribution is -2.22. The highest BCUT2D eigenvalue weighted by Crippen LogP contribution is 2.15. The van der Waals surface area contributed by atoms with Gasteiger partial charge < -0.3 is 10.6 Å². The lowest BCUT2D eigenvalue weighted by Gasteiger charge is -2.08. The number of aromatic nitrogens is 3. The first kappa shape index (κ1) is 14.6. The number of nitrogens with zero attached hydrogens (tertiary/aromatic N) is 3. The van der Waals surface area contributed by atoms with E-state index in [1.807, 2.05) is 24.3 Å². The van der Waals surface area contributed by atoms with Crippen molar-refractivity contribution in [2.24, 2.45) is 0 Å². The van der Waals surface area contributed by atoms with Crippen molar-refractivity contribution in [1.29, 1.82) is 0 Å². The first-order chi connectivity index (χ1) is 11.3. The zero-order valence-corrected chi connectivity index (χ0v) is 12.3. The SMILES string of the molecule is O=C(NCc1cccnc1)c1cccc(Nc2cnccn2)c1.